The molecule has 4 aromatic rings. The number of hydrogen-bond acceptors (Lipinski definition) is 15. The average molecular weight is 944 g/mol. The Morgan fingerprint density at radius 1 is 0.841 bits per heavy atom. The van der Waals surface area contributed by atoms with E-state index < -0.39 is 95.7 Å². The summed E-state index contributed by atoms with van der Waals surface area (Å²) in [6.45, 7) is 3.20. The van der Waals surface area contributed by atoms with Gasteiger partial charge in [-0.05, 0) is 48.1 Å². The van der Waals surface area contributed by atoms with Crippen LogP contribution in [0.25, 0.3) is 11.1 Å². The Morgan fingerprint density at radius 2 is 1.52 bits per heavy atom. The number of amides is 2. The highest BCUT2D eigenvalue weighted by molar-refractivity contribution is 6.31. The summed E-state index contributed by atoms with van der Waals surface area (Å²) in [4.78, 5) is 63.1. The van der Waals surface area contributed by atoms with Crippen LogP contribution in [0.1, 0.15) is 98.7 Å². The number of carbonyl (C=O) groups excluding carboxylic acids is 4. The van der Waals surface area contributed by atoms with Crippen molar-refractivity contribution in [1.29, 1.82) is 0 Å². The van der Waals surface area contributed by atoms with Crippen molar-refractivity contribution in [3.8, 4) is 28.4 Å². The molecule has 69 heavy (non-hydrogen) atoms. The molecule has 0 aromatic heterocycles. The number of phenolic OH excluding ortho intramolecular Hbond substituents is 2. The molecule has 5 aliphatic heterocycles. The van der Waals surface area contributed by atoms with Crippen molar-refractivity contribution in [3.05, 3.63) is 111 Å². The fourth-order valence-corrected chi connectivity index (χ4v) is 12.8. The van der Waals surface area contributed by atoms with Gasteiger partial charge < -0.3 is 53.4 Å². The van der Waals surface area contributed by atoms with Gasteiger partial charge in [-0.3, -0.25) is 24.2 Å². The lowest BCUT2D eigenvalue weighted by atomic mass is 9.72. The van der Waals surface area contributed by atoms with Gasteiger partial charge in [0.15, 0.2) is 24.6 Å². The standard InChI is InChI=1S/C52H53N3O14/c1-25-47-35(54-17-18-65-49(64-3)48(54)69-47)19-38(67-25)68-37-21-52(62,20-33-40(37)46(59)42-41(44(33)57)43(56)32-13-8-14-36(63-2)39(32)45(42)58)50(60)53-22-26-15-16-27(23-53)55(26)51(61)66-24-34-30-11-6-4-9-28(30)29-10-5-7-12-31(29)34/h4-14,25-27,34-35,37-38,47-49,57,59,62H,15-24H2,1-3H3/t25-,26?,27?,35-,37-,38-,47+,48+,49-,52-/m0/s1. The predicted octanol–water partition coefficient (Wildman–Crippen LogP) is 4.77. The first-order chi connectivity index (χ1) is 33.4. The van der Waals surface area contributed by atoms with Gasteiger partial charge >= 0.3 is 6.09 Å². The van der Waals surface area contributed by atoms with Crippen LogP contribution in [0, 0.1) is 0 Å². The summed E-state index contributed by atoms with van der Waals surface area (Å²) < 4.78 is 42.5. The fourth-order valence-electron chi connectivity index (χ4n) is 12.8. The van der Waals surface area contributed by atoms with Crippen LogP contribution in [-0.4, -0.2) is 155 Å². The molecule has 3 aliphatic carbocycles. The third-order valence-electron chi connectivity index (χ3n) is 15.9. The number of nitrogens with zero attached hydrogens (tertiary/aromatic N) is 3. The second-order valence-electron chi connectivity index (χ2n) is 19.5. The summed E-state index contributed by atoms with van der Waals surface area (Å²) >= 11 is 0. The number of ether oxygens (including phenoxy) is 7. The number of benzene rings is 4. The van der Waals surface area contributed by atoms with Gasteiger partial charge in [0.25, 0.3) is 5.91 Å². The molecule has 0 saturated carbocycles. The normalized spacial score (nSPS) is 31.0. The van der Waals surface area contributed by atoms with Crippen molar-refractivity contribution in [2.45, 2.75) is 106 Å². The van der Waals surface area contributed by atoms with Gasteiger partial charge in [-0.25, -0.2) is 4.79 Å². The Labute approximate surface area is 397 Å². The molecular formula is C52H53N3O14. The zero-order valence-corrected chi connectivity index (χ0v) is 38.4. The van der Waals surface area contributed by atoms with E-state index in [-0.39, 0.29) is 84.3 Å². The van der Waals surface area contributed by atoms with Crippen molar-refractivity contribution in [3.63, 3.8) is 0 Å². The van der Waals surface area contributed by atoms with Crippen LogP contribution in [-0.2, 0) is 39.6 Å². The summed E-state index contributed by atoms with van der Waals surface area (Å²) in [6, 6.07) is 19.8. The van der Waals surface area contributed by atoms with Gasteiger partial charge in [-0.1, -0.05) is 60.7 Å². The Bertz CT molecular complexity index is 2760. The molecule has 5 saturated heterocycles. The molecule has 8 aliphatic rings. The van der Waals surface area contributed by atoms with Gasteiger partial charge in [-0.15, -0.1) is 0 Å². The van der Waals surface area contributed by atoms with Gasteiger partial charge in [0, 0.05) is 74.7 Å². The molecule has 5 heterocycles. The summed E-state index contributed by atoms with van der Waals surface area (Å²) in [5, 5.41) is 37.3. The molecule has 2 amide bonds. The molecule has 360 valence electrons. The summed E-state index contributed by atoms with van der Waals surface area (Å²) in [5.41, 5.74) is 1.09. The Hall–Kier alpha value is -5.92. The lowest BCUT2D eigenvalue weighted by Gasteiger charge is -2.46. The molecule has 0 spiro atoms. The molecule has 4 aromatic carbocycles. The lowest BCUT2D eigenvalue weighted by Crippen LogP contribution is -2.62. The maximum Gasteiger partial charge on any atom is 0.410 e. The van der Waals surface area contributed by atoms with E-state index >= 15 is 4.79 Å². The largest absolute Gasteiger partial charge is 0.507 e. The summed E-state index contributed by atoms with van der Waals surface area (Å²) in [6.07, 6.45) is -4.15. The molecule has 17 nitrogen and oxygen atoms in total. The number of morpholine rings is 1. The first-order valence-corrected chi connectivity index (χ1v) is 23.8. The van der Waals surface area contributed by atoms with Gasteiger partial charge in [0.2, 0.25) is 5.78 Å². The summed E-state index contributed by atoms with van der Waals surface area (Å²) in [5.74, 6) is -3.40. The van der Waals surface area contributed by atoms with Crippen molar-refractivity contribution in [2.24, 2.45) is 0 Å². The van der Waals surface area contributed by atoms with E-state index in [0.29, 0.717) is 26.0 Å². The lowest BCUT2D eigenvalue weighted by molar-refractivity contribution is -0.256. The highest BCUT2D eigenvalue weighted by Crippen LogP contribution is 2.54. The molecule has 2 unspecified atom stereocenters. The molecule has 5 fully saturated rings. The number of methoxy groups -OCH3 is 2. The molecule has 12 rings (SSSR count). The number of fused-ring (bicyclic) bond motifs is 11. The highest BCUT2D eigenvalue weighted by Gasteiger charge is 2.57. The predicted molar refractivity (Wildman–Crippen MR) is 242 cm³/mol. The Balaban J connectivity index is 0.837. The first kappa shape index (κ1) is 44.3. The van der Waals surface area contributed by atoms with Crippen LogP contribution in [0.5, 0.6) is 17.2 Å². The second kappa shape index (κ2) is 16.6. The van der Waals surface area contributed by atoms with Gasteiger partial charge in [0.05, 0.1) is 54.7 Å². The highest BCUT2D eigenvalue weighted by atomic mass is 16.7. The first-order valence-electron chi connectivity index (χ1n) is 23.8. The smallest absolute Gasteiger partial charge is 0.410 e. The van der Waals surface area contributed by atoms with E-state index in [1.165, 1.54) is 19.2 Å². The molecule has 0 radical (unpaired) electrons. The van der Waals surface area contributed by atoms with Crippen LogP contribution < -0.4 is 4.74 Å². The quantitative estimate of drug-likeness (QED) is 0.188. The minimum atomic E-state index is -2.25. The topological polar surface area (TPSA) is 203 Å². The molecule has 17 heteroatoms. The van der Waals surface area contributed by atoms with E-state index in [1.807, 2.05) is 31.2 Å². The van der Waals surface area contributed by atoms with E-state index in [2.05, 4.69) is 29.2 Å². The second-order valence-corrected chi connectivity index (χ2v) is 19.5. The summed E-state index contributed by atoms with van der Waals surface area (Å²) in [7, 11) is 2.92. The zero-order valence-electron chi connectivity index (χ0n) is 38.4. The number of carbonyl (C=O) groups is 4. The van der Waals surface area contributed by atoms with Crippen LogP contribution in [0.4, 0.5) is 4.79 Å². The van der Waals surface area contributed by atoms with Gasteiger partial charge in [-0.2, -0.15) is 0 Å². The zero-order chi connectivity index (χ0) is 47.6. The molecular weight excluding hydrogens is 891 g/mol. The minimum absolute atomic E-state index is 0.0312. The molecule has 2 bridgehead atoms. The minimum Gasteiger partial charge on any atom is -0.507 e. The number of hydrogen-bond donors (Lipinski definition) is 3. The maximum atomic E-state index is 15.0. The average Bonchev–Trinajstić information content (AvgIpc) is 3.99. The Kier molecular flexibility index (Phi) is 10.7. The van der Waals surface area contributed by atoms with Gasteiger partial charge in [0.1, 0.15) is 35.6 Å². The molecule has 10 atom stereocenters. The van der Waals surface area contributed by atoms with Crippen LogP contribution in [0.3, 0.4) is 0 Å². The number of ketones is 2. The monoisotopic (exact) mass is 943 g/mol. The van der Waals surface area contributed by atoms with E-state index in [4.69, 9.17) is 33.2 Å². The number of piperazine rings is 1. The number of aromatic hydroxyl groups is 2. The van der Waals surface area contributed by atoms with Crippen molar-refractivity contribution < 1.29 is 67.7 Å². The number of aliphatic hydroxyl groups is 1. The third-order valence-corrected chi connectivity index (χ3v) is 15.9. The molecule has 3 N–H and O–H groups in total. The maximum absolute atomic E-state index is 15.0. The Morgan fingerprint density at radius 3 is 2.22 bits per heavy atom. The van der Waals surface area contributed by atoms with Crippen LogP contribution in [0.2, 0.25) is 0 Å². The number of rotatable bonds is 7. The SMILES string of the molecule is COc1cccc2c1C(=O)c1c(O)c3c(c(O)c1C2=O)C[C@@](O)(C(=O)N1CC2CCC(C1)N2C(=O)OCC1c2ccccc2-c2ccccc21)C[C@@H]3O[C@H]1C[C@H]2[C@H](O[C@@H]3[C@@H](OC)OCCN32)[C@H](C)O1. The van der Waals surface area contributed by atoms with Crippen LogP contribution >= 0.6 is 0 Å². The van der Waals surface area contributed by atoms with E-state index in [9.17, 15) is 29.7 Å². The van der Waals surface area contributed by atoms with E-state index in [1.54, 1.807) is 23.0 Å². The third kappa shape index (κ3) is 6.76. The van der Waals surface area contributed by atoms with Crippen LogP contribution in [0.15, 0.2) is 66.7 Å². The number of likely N-dealkylation sites (tertiary alicyclic amines) is 1. The van der Waals surface area contributed by atoms with Crippen molar-refractivity contribution in [1.82, 2.24) is 14.7 Å². The number of phenols is 2. The van der Waals surface area contributed by atoms with Crippen molar-refractivity contribution >= 4 is 23.6 Å². The van der Waals surface area contributed by atoms with E-state index in [0.717, 1.165) is 22.3 Å². The van der Waals surface area contributed by atoms with Crippen molar-refractivity contribution in [2.75, 3.05) is 47.1 Å². The fraction of sp³-hybridized carbons (Fsp3) is 0.462.